The molecule has 10 heteroatoms. The summed E-state index contributed by atoms with van der Waals surface area (Å²) in [7, 11) is 5.06. The SMILES string of the molecule is COC(=O)c1sccc1NC(=O)C[C@H]1C(=O)NCCN1C(=O)c1ccc(N(C)C)cc1. The minimum absolute atomic E-state index is 0.232. The van der Waals surface area contributed by atoms with E-state index >= 15 is 0 Å². The van der Waals surface area contributed by atoms with Crippen LogP contribution in [-0.2, 0) is 14.3 Å². The number of hydrogen-bond acceptors (Lipinski definition) is 7. The van der Waals surface area contributed by atoms with Crippen molar-refractivity contribution < 1.29 is 23.9 Å². The molecule has 164 valence electrons. The summed E-state index contributed by atoms with van der Waals surface area (Å²) < 4.78 is 4.70. The van der Waals surface area contributed by atoms with Crippen LogP contribution in [0, 0.1) is 0 Å². The van der Waals surface area contributed by atoms with Gasteiger partial charge in [-0.3, -0.25) is 14.4 Å². The summed E-state index contributed by atoms with van der Waals surface area (Å²) in [5.74, 6) is -1.74. The van der Waals surface area contributed by atoms with Crippen LogP contribution in [0.4, 0.5) is 11.4 Å². The van der Waals surface area contributed by atoms with Crippen molar-refractivity contribution in [2.24, 2.45) is 0 Å². The van der Waals surface area contributed by atoms with Crippen LogP contribution >= 0.6 is 11.3 Å². The molecule has 0 unspecified atom stereocenters. The van der Waals surface area contributed by atoms with Crippen molar-refractivity contribution in [1.82, 2.24) is 10.2 Å². The maximum Gasteiger partial charge on any atom is 0.350 e. The molecule has 1 fully saturated rings. The van der Waals surface area contributed by atoms with Gasteiger partial charge in [0.05, 0.1) is 19.2 Å². The van der Waals surface area contributed by atoms with Gasteiger partial charge in [-0.05, 0) is 35.7 Å². The third-order valence-electron chi connectivity index (χ3n) is 4.91. The van der Waals surface area contributed by atoms with Crippen molar-refractivity contribution >= 4 is 46.4 Å². The number of anilines is 2. The summed E-state index contributed by atoms with van der Waals surface area (Å²) in [6, 6.07) is 7.69. The van der Waals surface area contributed by atoms with Gasteiger partial charge in [0.15, 0.2) is 0 Å². The number of nitrogens with zero attached hydrogens (tertiary/aromatic N) is 2. The zero-order valence-corrected chi connectivity index (χ0v) is 18.3. The number of carbonyl (C=O) groups is 4. The minimum atomic E-state index is -0.949. The average molecular weight is 445 g/mol. The van der Waals surface area contributed by atoms with Crippen LogP contribution in [-0.4, -0.2) is 68.9 Å². The molecule has 1 aliphatic rings. The highest BCUT2D eigenvalue weighted by Crippen LogP contribution is 2.24. The second-order valence-electron chi connectivity index (χ2n) is 7.15. The Morgan fingerprint density at radius 1 is 1.23 bits per heavy atom. The van der Waals surface area contributed by atoms with Crippen LogP contribution in [0.15, 0.2) is 35.7 Å². The van der Waals surface area contributed by atoms with Gasteiger partial charge in [0, 0.05) is 38.4 Å². The molecule has 0 bridgehead atoms. The molecule has 3 amide bonds. The highest BCUT2D eigenvalue weighted by Gasteiger charge is 2.35. The Hall–Kier alpha value is -3.40. The first kappa shape index (κ1) is 22.3. The summed E-state index contributed by atoms with van der Waals surface area (Å²) in [5.41, 5.74) is 1.70. The number of rotatable bonds is 6. The molecule has 0 aliphatic carbocycles. The van der Waals surface area contributed by atoms with Gasteiger partial charge < -0.3 is 25.2 Å². The predicted molar refractivity (Wildman–Crippen MR) is 118 cm³/mol. The summed E-state index contributed by atoms with van der Waals surface area (Å²) in [5, 5.41) is 7.00. The maximum absolute atomic E-state index is 13.1. The van der Waals surface area contributed by atoms with Gasteiger partial charge in [-0.15, -0.1) is 11.3 Å². The molecule has 0 radical (unpaired) electrons. The molecular weight excluding hydrogens is 420 g/mol. The van der Waals surface area contributed by atoms with Crippen LogP contribution in [0.5, 0.6) is 0 Å². The smallest absolute Gasteiger partial charge is 0.350 e. The first-order chi connectivity index (χ1) is 14.8. The molecule has 31 heavy (non-hydrogen) atoms. The predicted octanol–water partition coefficient (Wildman–Crippen LogP) is 1.57. The first-order valence-corrected chi connectivity index (χ1v) is 10.5. The molecular formula is C21H24N4O5S. The summed E-state index contributed by atoms with van der Waals surface area (Å²) in [4.78, 5) is 53.6. The molecule has 1 aliphatic heterocycles. The number of amides is 3. The lowest BCUT2D eigenvalue weighted by Gasteiger charge is -2.34. The van der Waals surface area contributed by atoms with Crippen LogP contribution in [0.2, 0.25) is 0 Å². The van der Waals surface area contributed by atoms with E-state index in [0.29, 0.717) is 24.3 Å². The molecule has 1 aromatic heterocycles. The highest BCUT2D eigenvalue weighted by molar-refractivity contribution is 7.12. The van der Waals surface area contributed by atoms with E-state index in [9.17, 15) is 19.2 Å². The Morgan fingerprint density at radius 2 is 1.94 bits per heavy atom. The molecule has 0 saturated carbocycles. The van der Waals surface area contributed by atoms with Crippen LogP contribution in [0.1, 0.15) is 26.5 Å². The molecule has 1 aromatic carbocycles. The van der Waals surface area contributed by atoms with E-state index in [2.05, 4.69) is 10.6 Å². The van der Waals surface area contributed by atoms with Crippen molar-refractivity contribution in [3.05, 3.63) is 46.2 Å². The third-order valence-corrected chi connectivity index (χ3v) is 5.81. The average Bonchev–Trinajstić information content (AvgIpc) is 3.22. The van der Waals surface area contributed by atoms with Crippen molar-refractivity contribution in [1.29, 1.82) is 0 Å². The van der Waals surface area contributed by atoms with E-state index < -0.39 is 23.8 Å². The van der Waals surface area contributed by atoms with Crippen LogP contribution in [0.3, 0.4) is 0 Å². The Bertz CT molecular complexity index is 986. The minimum Gasteiger partial charge on any atom is -0.465 e. The van der Waals surface area contributed by atoms with Crippen molar-refractivity contribution in [2.45, 2.75) is 12.5 Å². The molecule has 1 saturated heterocycles. The molecule has 1 atom stereocenters. The Balaban J connectivity index is 1.74. The van der Waals surface area contributed by atoms with Gasteiger partial charge in [-0.1, -0.05) is 0 Å². The number of benzene rings is 1. The fourth-order valence-electron chi connectivity index (χ4n) is 3.26. The lowest BCUT2D eigenvalue weighted by Crippen LogP contribution is -2.58. The summed E-state index contributed by atoms with van der Waals surface area (Å²) >= 11 is 1.14. The van der Waals surface area contributed by atoms with Crippen LogP contribution in [0.25, 0.3) is 0 Å². The van der Waals surface area contributed by atoms with E-state index in [1.807, 2.05) is 31.1 Å². The van der Waals surface area contributed by atoms with Gasteiger partial charge in [0.2, 0.25) is 11.8 Å². The zero-order chi connectivity index (χ0) is 22.5. The molecule has 2 aromatic rings. The molecule has 9 nitrogen and oxygen atoms in total. The fourth-order valence-corrected chi connectivity index (χ4v) is 4.03. The Morgan fingerprint density at radius 3 is 2.58 bits per heavy atom. The van der Waals surface area contributed by atoms with E-state index in [4.69, 9.17) is 4.74 Å². The van der Waals surface area contributed by atoms with E-state index in [1.54, 1.807) is 23.6 Å². The van der Waals surface area contributed by atoms with Gasteiger partial charge in [0.25, 0.3) is 5.91 Å². The van der Waals surface area contributed by atoms with Gasteiger partial charge >= 0.3 is 5.97 Å². The normalized spacial score (nSPS) is 15.8. The van der Waals surface area contributed by atoms with E-state index in [-0.39, 0.29) is 17.2 Å². The molecule has 3 rings (SSSR count). The lowest BCUT2D eigenvalue weighted by atomic mass is 10.1. The topological polar surface area (TPSA) is 108 Å². The second kappa shape index (κ2) is 9.61. The number of thiophene rings is 1. The molecule has 0 spiro atoms. The maximum atomic E-state index is 13.1. The number of carbonyl (C=O) groups excluding carboxylic acids is 4. The standard InChI is InChI=1S/C21H24N4O5S/c1-24(2)14-6-4-13(5-7-14)20(28)25-10-9-22-19(27)16(25)12-17(26)23-15-8-11-31-18(15)21(29)30-3/h4-8,11,16H,9-10,12H2,1-3H3,(H,22,27)(H,23,26)/t16-/m0/s1. The Kier molecular flexibility index (Phi) is 6.91. The lowest BCUT2D eigenvalue weighted by molar-refractivity contribution is -0.131. The first-order valence-electron chi connectivity index (χ1n) is 9.63. The quantitative estimate of drug-likeness (QED) is 0.655. The van der Waals surface area contributed by atoms with E-state index in [0.717, 1.165) is 17.0 Å². The van der Waals surface area contributed by atoms with Crippen molar-refractivity contribution in [2.75, 3.05) is 44.5 Å². The number of ether oxygens (including phenoxy) is 1. The largest absolute Gasteiger partial charge is 0.465 e. The van der Waals surface area contributed by atoms with Gasteiger partial charge in [0.1, 0.15) is 10.9 Å². The molecule has 2 heterocycles. The number of piperazine rings is 1. The number of nitrogens with one attached hydrogen (secondary N) is 2. The second-order valence-corrected chi connectivity index (χ2v) is 8.07. The fraction of sp³-hybridized carbons (Fsp3) is 0.333. The van der Waals surface area contributed by atoms with E-state index in [1.165, 1.54) is 12.0 Å². The zero-order valence-electron chi connectivity index (χ0n) is 17.5. The van der Waals surface area contributed by atoms with Crippen molar-refractivity contribution in [3.8, 4) is 0 Å². The Labute approximate surface area is 184 Å². The van der Waals surface area contributed by atoms with Gasteiger partial charge in [-0.25, -0.2) is 4.79 Å². The number of hydrogen-bond donors (Lipinski definition) is 2. The third kappa shape index (κ3) is 5.02. The molecule has 2 N–H and O–H groups in total. The highest BCUT2D eigenvalue weighted by atomic mass is 32.1. The summed E-state index contributed by atoms with van der Waals surface area (Å²) in [6.45, 7) is 0.610. The summed E-state index contributed by atoms with van der Waals surface area (Å²) in [6.07, 6.45) is -0.232. The number of esters is 1. The van der Waals surface area contributed by atoms with Crippen LogP contribution < -0.4 is 15.5 Å². The van der Waals surface area contributed by atoms with Crippen molar-refractivity contribution in [3.63, 3.8) is 0 Å². The number of methoxy groups -OCH3 is 1. The van der Waals surface area contributed by atoms with Gasteiger partial charge in [-0.2, -0.15) is 0 Å². The monoisotopic (exact) mass is 444 g/mol.